The number of hydrogen-bond donors (Lipinski definition) is 1. The van der Waals surface area contributed by atoms with Crippen LogP contribution in [0.5, 0.6) is 0 Å². The molecule has 30 heavy (non-hydrogen) atoms. The van der Waals surface area contributed by atoms with E-state index in [1.807, 2.05) is 30.3 Å². The Morgan fingerprint density at radius 3 is 2.30 bits per heavy atom. The summed E-state index contributed by atoms with van der Waals surface area (Å²) in [7, 11) is 0. The van der Waals surface area contributed by atoms with Crippen LogP contribution >= 0.6 is 0 Å². The van der Waals surface area contributed by atoms with E-state index in [9.17, 15) is 22.4 Å². The van der Waals surface area contributed by atoms with Crippen LogP contribution in [0.3, 0.4) is 0 Å². The molecule has 0 radical (unpaired) electrons. The highest BCUT2D eigenvalue weighted by molar-refractivity contribution is 5.93. The van der Waals surface area contributed by atoms with Gasteiger partial charge >= 0.3 is 6.18 Å². The van der Waals surface area contributed by atoms with Gasteiger partial charge < -0.3 is 5.32 Å². The molecule has 0 saturated heterocycles. The highest BCUT2D eigenvalue weighted by Crippen LogP contribution is 2.43. The minimum absolute atomic E-state index is 0.0463. The standard InChI is InChI=1S/C21H18F4N4O/c22-15-7-9-16(10-8-15)29-18(21(23,24)25)17(27-28-29)19(30)26-13-20(11-4-12-20)14-5-2-1-3-6-14/h1-3,5-10H,4,11-13H2,(H,26,30). The zero-order valence-electron chi connectivity index (χ0n) is 15.8. The number of carbonyl (C=O) groups is 1. The Morgan fingerprint density at radius 1 is 1.07 bits per heavy atom. The van der Waals surface area contributed by atoms with Crippen molar-refractivity contribution in [1.82, 2.24) is 20.3 Å². The molecule has 0 aliphatic heterocycles. The van der Waals surface area contributed by atoms with Gasteiger partial charge in [0.05, 0.1) is 5.69 Å². The summed E-state index contributed by atoms with van der Waals surface area (Å²) in [4.78, 5) is 12.6. The van der Waals surface area contributed by atoms with Crippen LogP contribution in [0, 0.1) is 5.82 Å². The van der Waals surface area contributed by atoms with Gasteiger partial charge in [0, 0.05) is 12.0 Å². The third kappa shape index (κ3) is 3.67. The van der Waals surface area contributed by atoms with E-state index >= 15 is 0 Å². The van der Waals surface area contributed by atoms with Crippen LogP contribution in [0.4, 0.5) is 17.6 Å². The maximum Gasteiger partial charge on any atom is 0.435 e. The van der Waals surface area contributed by atoms with Gasteiger partial charge in [-0.3, -0.25) is 4.79 Å². The molecule has 1 saturated carbocycles. The number of benzene rings is 2. The number of nitrogens with one attached hydrogen (secondary N) is 1. The minimum atomic E-state index is -4.88. The van der Waals surface area contributed by atoms with E-state index in [4.69, 9.17) is 0 Å². The lowest BCUT2D eigenvalue weighted by molar-refractivity contribution is -0.143. The number of aromatic nitrogens is 3. The topological polar surface area (TPSA) is 59.8 Å². The summed E-state index contributed by atoms with van der Waals surface area (Å²) in [5.74, 6) is -1.55. The van der Waals surface area contributed by atoms with E-state index in [2.05, 4.69) is 15.6 Å². The largest absolute Gasteiger partial charge is 0.435 e. The number of nitrogens with zero attached hydrogens (tertiary/aromatic N) is 3. The quantitative estimate of drug-likeness (QED) is 0.630. The van der Waals surface area contributed by atoms with Crippen LogP contribution in [0.2, 0.25) is 0 Å². The van der Waals surface area contributed by atoms with Gasteiger partial charge in [-0.05, 0) is 42.7 Å². The van der Waals surface area contributed by atoms with Crippen molar-refractivity contribution in [2.45, 2.75) is 30.9 Å². The summed E-state index contributed by atoms with van der Waals surface area (Å²) in [6.45, 7) is 0.205. The van der Waals surface area contributed by atoms with Crippen LogP contribution in [0.1, 0.15) is 41.0 Å². The first-order valence-electron chi connectivity index (χ1n) is 9.43. The van der Waals surface area contributed by atoms with Crippen molar-refractivity contribution in [1.29, 1.82) is 0 Å². The van der Waals surface area contributed by atoms with Crippen LogP contribution < -0.4 is 5.32 Å². The van der Waals surface area contributed by atoms with Gasteiger partial charge in [0.1, 0.15) is 5.82 Å². The molecule has 5 nitrogen and oxygen atoms in total. The highest BCUT2D eigenvalue weighted by atomic mass is 19.4. The van der Waals surface area contributed by atoms with E-state index in [0.29, 0.717) is 4.68 Å². The normalized spacial score (nSPS) is 15.5. The molecule has 1 amide bonds. The molecule has 0 unspecified atom stereocenters. The molecule has 4 rings (SSSR count). The van der Waals surface area contributed by atoms with Crippen molar-refractivity contribution < 1.29 is 22.4 Å². The molecule has 9 heteroatoms. The van der Waals surface area contributed by atoms with Crippen LogP contribution in [0.25, 0.3) is 5.69 Å². The lowest BCUT2D eigenvalue weighted by Gasteiger charge is -2.42. The summed E-state index contributed by atoms with van der Waals surface area (Å²) >= 11 is 0. The van der Waals surface area contributed by atoms with Crippen molar-refractivity contribution in [2.24, 2.45) is 0 Å². The Labute approximate surface area is 169 Å². The molecular formula is C21H18F4N4O. The number of hydrogen-bond acceptors (Lipinski definition) is 3. The molecule has 3 aromatic rings. The second-order valence-electron chi connectivity index (χ2n) is 7.36. The number of carbonyl (C=O) groups excluding carboxylic acids is 1. The Morgan fingerprint density at radius 2 is 1.73 bits per heavy atom. The zero-order chi connectivity index (χ0) is 21.4. The lowest BCUT2D eigenvalue weighted by Crippen LogP contribution is -2.45. The Bertz CT molecular complexity index is 1040. The van der Waals surface area contributed by atoms with Crippen molar-refractivity contribution in [3.8, 4) is 5.69 Å². The smallest absolute Gasteiger partial charge is 0.350 e. The van der Waals surface area contributed by atoms with Crippen LogP contribution in [0.15, 0.2) is 54.6 Å². The molecule has 1 aliphatic carbocycles. The molecule has 1 fully saturated rings. The van der Waals surface area contributed by atoms with Gasteiger partial charge in [0.15, 0.2) is 11.4 Å². The Hall–Kier alpha value is -3.23. The van der Waals surface area contributed by atoms with Crippen molar-refractivity contribution in [3.63, 3.8) is 0 Å². The first-order chi connectivity index (χ1) is 14.3. The zero-order valence-corrected chi connectivity index (χ0v) is 15.8. The minimum Gasteiger partial charge on any atom is -0.350 e. The summed E-state index contributed by atoms with van der Waals surface area (Å²) in [5, 5.41) is 9.60. The van der Waals surface area contributed by atoms with Gasteiger partial charge in [-0.25, -0.2) is 9.07 Å². The van der Waals surface area contributed by atoms with E-state index in [1.165, 1.54) is 0 Å². The number of alkyl halides is 3. The second-order valence-corrected chi connectivity index (χ2v) is 7.36. The third-order valence-electron chi connectivity index (χ3n) is 5.51. The molecule has 156 valence electrons. The predicted molar refractivity (Wildman–Crippen MR) is 101 cm³/mol. The summed E-state index contributed by atoms with van der Waals surface area (Å²) < 4.78 is 54.8. The van der Waals surface area contributed by atoms with E-state index < -0.39 is 29.3 Å². The first-order valence-corrected chi connectivity index (χ1v) is 9.43. The second kappa shape index (κ2) is 7.55. The maximum atomic E-state index is 13.7. The first kappa shape index (κ1) is 20.1. The van der Waals surface area contributed by atoms with Crippen molar-refractivity contribution >= 4 is 5.91 Å². The van der Waals surface area contributed by atoms with Gasteiger partial charge in [-0.1, -0.05) is 42.0 Å². The predicted octanol–water partition coefficient (Wildman–Crippen LogP) is 4.28. The van der Waals surface area contributed by atoms with Gasteiger partial charge in [0.25, 0.3) is 5.91 Å². The van der Waals surface area contributed by atoms with Gasteiger partial charge in [0.2, 0.25) is 0 Å². The molecule has 1 N–H and O–H groups in total. The Balaban J connectivity index is 1.61. The lowest BCUT2D eigenvalue weighted by atomic mass is 9.64. The molecule has 0 spiro atoms. The molecule has 0 bridgehead atoms. The molecule has 2 aromatic carbocycles. The third-order valence-corrected chi connectivity index (χ3v) is 5.51. The number of rotatable bonds is 5. The van der Waals surface area contributed by atoms with Crippen LogP contribution in [-0.4, -0.2) is 27.4 Å². The van der Waals surface area contributed by atoms with Crippen molar-refractivity contribution in [2.75, 3.05) is 6.54 Å². The summed E-state index contributed by atoms with van der Waals surface area (Å²) in [6.07, 6.45) is -2.21. The average molecular weight is 418 g/mol. The fourth-order valence-electron chi connectivity index (χ4n) is 3.75. The van der Waals surface area contributed by atoms with Crippen LogP contribution in [-0.2, 0) is 11.6 Å². The average Bonchev–Trinajstić information content (AvgIpc) is 3.14. The van der Waals surface area contributed by atoms with E-state index in [0.717, 1.165) is 49.1 Å². The van der Waals surface area contributed by atoms with E-state index in [1.54, 1.807) is 0 Å². The number of halogens is 4. The monoisotopic (exact) mass is 418 g/mol. The molecule has 1 aliphatic rings. The molecule has 1 aromatic heterocycles. The summed E-state index contributed by atoms with van der Waals surface area (Å²) in [5.41, 5.74) is -1.40. The Kier molecular flexibility index (Phi) is 5.05. The van der Waals surface area contributed by atoms with Crippen molar-refractivity contribution in [3.05, 3.63) is 77.4 Å². The van der Waals surface area contributed by atoms with Gasteiger partial charge in [-0.15, -0.1) is 5.10 Å². The highest BCUT2D eigenvalue weighted by Gasteiger charge is 2.43. The molecular weight excluding hydrogens is 400 g/mol. The van der Waals surface area contributed by atoms with Gasteiger partial charge in [-0.2, -0.15) is 13.2 Å². The summed E-state index contributed by atoms with van der Waals surface area (Å²) in [6, 6.07) is 13.9. The van der Waals surface area contributed by atoms with E-state index in [-0.39, 0.29) is 17.6 Å². The fourth-order valence-corrected chi connectivity index (χ4v) is 3.75. The maximum absolute atomic E-state index is 13.7. The number of amides is 1. The molecule has 0 atom stereocenters. The fraction of sp³-hybridized carbons (Fsp3) is 0.286. The SMILES string of the molecule is O=C(NCC1(c2ccccc2)CCC1)c1nnn(-c2ccc(F)cc2)c1C(F)(F)F. The molecule has 1 heterocycles.